The molecule has 0 radical (unpaired) electrons. The standard InChI is InChI=1S/C11H20N2O2.ClH/c1-8(9-2-3-9)13-11(14)6-10-7-15-5-4-12-10;/h8-10,12H,2-7H2,1H3,(H,13,14);1H. The topological polar surface area (TPSA) is 50.4 Å². The molecule has 0 aromatic carbocycles. The van der Waals surface area contributed by atoms with Crippen LogP contribution >= 0.6 is 12.4 Å². The van der Waals surface area contributed by atoms with E-state index in [4.69, 9.17) is 4.74 Å². The number of carbonyl (C=O) groups is 1. The van der Waals surface area contributed by atoms with Gasteiger partial charge in [0.2, 0.25) is 5.91 Å². The number of nitrogens with one attached hydrogen (secondary N) is 2. The number of carbonyl (C=O) groups excluding carboxylic acids is 1. The minimum Gasteiger partial charge on any atom is -0.378 e. The van der Waals surface area contributed by atoms with Crippen LogP contribution in [0, 0.1) is 5.92 Å². The SMILES string of the molecule is CC(NC(=O)CC1COCCN1)C1CC1.Cl. The maximum Gasteiger partial charge on any atom is 0.221 e. The van der Waals surface area contributed by atoms with Crippen LogP contribution in [0.1, 0.15) is 26.2 Å². The smallest absolute Gasteiger partial charge is 0.221 e. The third kappa shape index (κ3) is 4.28. The zero-order valence-electron chi connectivity index (χ0n) is 9.70. The average Bonchev–Trinajstić information content (AvgIpc) is 3.01. The van der Waals surface area contributed by atoms with E-state index in [0.29, 0.717) is 19.1 Å². The molecule has 16 heavy (non-hydrogen) atoms. The Bertz CT molecular complexity index is 228. The van der Waals surface area contributed by atoms with Crippen molar-refractivity contribution in [3.05, 3.63) is 0 Å². The molecule has 0 aromatic rings. The maximum absolute atomic E-state index is 11.6. The molecule has 2 aliphatic rings. The number of halogens is 1. The van der Waals surface area contributed by atoms with Crippen molar-refractivity contribution in [2.45, 2.75) is 38.3 Å². The van der Waals surface area contributed by atoms with Crippen LogP contribution in [0.15, 0.2) is 0 Å². The van der Waals surface area contributed by atoms with Crippen molar-refractivity contribution >= 4 is 18.3 Å². The Labute approximate surface area is 103 Å². The molecule has 1 saturated heterocycles. The lowest BCUT2D eigenvalue weighted by molar-refractivity contribution is -0.123. The Balaban J connectivity index is 0.00000128. The summed E-state index contributed by atoms with van der Waals surface area (Å²) in [7, 11) is 0. The molecular formula is C11H21ClN2O2. The van der Waals surface area contributed by atoms with E-state index in [-0.39, 0.29) is 24.4 Å². The summed E-state index contributed by atoms with van der Waals surface area (Å²) >= 11 is 0. The first-order chi connectivity index (χ1) is 7.25. The minimum atomic E-state index is 0. The van der Waals surface area contributed by atoms with Crippen LogP contribution in [-0.4, -0.2) is 37.7 Å². The first kappa shape index (κ1) is 13.7. The van der Waals surface area contributed by atoms with Crippen molar-refractivity contribution < 1.29 is 9.53 Å². The highest BCUT2D eigenvalue weighted by Crippen LogP contribution is 2.32. The molecule has 1 saturated carbocycles. The summed E-state index contributed by atoms with van der Waals surface area (Å²) in [6.07, 6.45) is 3.08. The lowest BCUT2D eigenvalue weighted by Crippen LogP contribution is -2.45. The molecule has 2 rings (SSSR count). The largest absolute Gasteiger partial charge is 0.378 e. The fourth-order valence-electron chi connectivity index (χ4n) is 2.00. The molecule has 2 unspecified atom stereocenters. The maximum atomic E-state index is 11.6. The van der Waals surface area contributed by atoms with Gasteiger partial charge in [0.25, 0.3) is 0 Å². The molecule has 1 aliphatic heterocycles. The van der Waals surface area contributed by atoms with E-state index < -0.39 is 0 Å². The molecule has 4 nitrogen and oxygen atoms in total. The van der Waals surface area contributed by atoms with Crippen LogP contribution in [0.25, 0.3) is 0 Å². The second-order valence-corrected chi connectivity index (χ2v) is 4.62. The fourth-order valence-corrected chi connectivity index (χ4v) is 2.00. The number of ether oxygens (including phenoxy) is 1. The summed E-state index contributed by atoms with van der Waals surface area (Å²) in [4.78, 5) is 11.6. The van der Waals surface area contributed by atoms with Crippen molar-refractivity contribution in [3.63, 3.8) is 0 Å². The van der Waals surface area contributed by atoms with Gasteiger partial charge in [-0.25, -0.2) is 0 Å². The molecule has 1 amide bonds. The highest BCUT2D eigenvalue weighted by Gasteiger charge is 2.29. The van der Waals surface area contributed by atoms with E-state index in [2.05, 4.69) is 17.6 Å². The number of rotatable bonds is 4. The first-order valence-corrected chi connectivity index (χ1v) is 5.86. The molecule has 94 valence electrons. The zero-order chi connectivity index (χ0) is 10.7. The summed E-state index contributed by atoms with van der Waals surface area (Å²) in [6.45, 7) is 4.37. The summed E-state index contributed by atoms with van der Waals surface area (Å²) in [5.74, 6) is 0.877. The van der Waals surface area contributed by atoms with Gasteiger partial charge in [0, 0.05) is 25.0 Å². The predicted molar refractivity (Wildman–Crippen MR) is 64.8 cm³/mol. The zero-order valence-corrected chi connectivity index (χ0v) is 10.5. The average molecular weight is 249 g/mol. The number of morpholine rings is 1. The molecule has 5 heteroatoms. The molecule has 2 fully saturated rings. The molecule has 0 aromatic heterocycles. The highest BCUT2D eigenvalue weighted by molar-refractivity contribution is 5.85. The summed E-state index contributed by atoms with van der Waals surface area (Å²) in [6, 6.07) is 0.548. The van der Waals surface area contributed by atoms with Gasteiger partial charge in [0.1, 0.15) is 0 Å². The van der Waals surface area contributed by atoms with Gasteiger partial charge in [0.15, 0.2) is 0 Å². The van der Waals surface area contributed by atoms with E-state index in [9.17, 15) is 4.79 Å². The molecule has 2 atom stereocenters. The molecule has 1 aliphatic carbocycles. The van der Waals surface area contributed by atoms with Gasteiger partial charge in [0.05, 0.1) is 13.2 Å². The lowest BCUT2D eigenvalue weighted by Gasteiger charge is -2.24. The molecule has 2 N–H and O–H groups in total. The number of amides is 1. The van der Waals surface area contributed by atoms with Crippen molar-refractivity contribution in [2.75, 3.05) is 19.8 Å². The Morgan fingerprint density at radius 1 is 1.56 bits per heavy atom. The normalized spacial score (nSPS) is 26.7. The third-order valence-electron chi connectivity index (χ3n) is 3.15. The Kier molecular flexibility index (Phi) is 5.52. The van der Waals surface area contributed by atoms with Crippen LogP contribution in [0.2, 0.25) is 0 Å². The monoisotopic (exact) mass is 248 g/mol. The van der Waals surface area contributed by atoms with Gasteiger partial charge in [-0.2, -0.15) is 0 Å². The van der Waals surface area contributed by atoms with Gasteiger partial charge in [-0.15, -0.1) is 12.4 Å². The van der Waals surface area contributed by atoms with E-state index >= 15 is 0 Å². The van der Waals surface area contributed by atoms with Gasteiger partial charge in [-0.1, -0.05) is 0 Å². The number of hydrogen-bond acceptors (Lipinski definition) is 3. The second kappa shape index (κ2) is 6.42. The van der Waals surface area contributed by atoms with Crippen molar-refractivity contribution in [1.82, 2.24) is 10.6 Å². The summed E-state index contributed by atoms with van der Waals surface area (Å²) in [5.41, 5.74) is 0. The van der Waals surface area contributed by atoms with Crippen LogP contribution < -0.4 is 10.6 Å². The van der Waals surface area contributed by atoms with Gasteiger partial charge in [-0.3, -0.25) is 4.79 Å². The van der Waals surface area contributed by atoms with Crippen molar-refractivity contribution in [3.8, 4) is 0 Å². The van der Waals surface area contributed by atoms with Crippen molar-refractivity contribution in [2.24, 2.45) is 5.92 Å². The van der Waals surface area contributed by atoms with Crippen molar-refractivity contribution in [1.29, 1.82) is 0 Å². The van der Waals surface area contributed by atoms with Crippen LogP contribution in [0.4, 0.5) is 0 Å². The van der Waals surface area contributed by atoms with Gasteiger partial charge >= 0.3 is 0 Å². The summed E-state index contributed by atoms with van der Waals surface area (Å²) in [5, 5.41) is 6.34. The van der Waals surface area contributed by atoms with E-state index in [1.807, 2.05) is 0 Å². The molecule has 1 heterocycles. The quantitative estimate of drug-likeness (QED) is 0.770. The van der Waals surface area contributed by atoms with E-state index in [1.165, 1.54) is 12.8 Å². The van der Waals surface area contributed by atoms with Crippen LogP contribution in [-0.2, 0) is 9.53 Å². The van der Waals surface area contributed by atoms with Crippen LogP contribution in [0.5, 0.6) is 0 Å². The molecule has 0 bridgehead atoms. The van der Waals surface area contributed by atoms with E-state index in [1.54, 1.807) is 0 Å². The highest BCUT2D eigenvalue weighted by atomic mass is 35.5. The fraction of sp³-hybridized carbons (Fsp3) is 0.909. The Morgan fingerprint density at radius 3 is 2.88 bits per heavy atom. The Morgan fingerprint density at radius 2 is 2.31 bits per heavy atom. The van der Waals surface area contributed by atoms with Gasteiger partial charge < -0.3 is 15.4 Å². The predicted octanol–water partition coefficient (Wildman–Crippen LogP) is 0.701. The third-order valence-corrected chi connectivity index (χ3v) is 3.15. The Hall–Kier alpha value is -0.320. The lowest BCUT2D eigenvalue weighted by atomic mass is 10.1. The summed E-state index contributed by atoms with van der Waals surface area (Å²) < 4.78 is 5.31. The first-order valence-electron chi connectivity index (χ1n) is 5.86. The van der Waals surface area contributed by atoms with Crippen LogP contribution in [0.3, 0.4) is 0 Å². The van der Waals surface area contributed by atoms with E-state index in [0.717, 1.165) is 19.1 Å². The molecule has 0 spiro atoms. The van der Waals surface area contributed by atoms with Gasteiger partial charge in [-0.05, 0) is 25.7 Å². The molecular weight excluding hydrogens is 228 g/mol. The minimum absolute atomic E-state index is 0. The second-order valence-electron chi connectivity index (χ2n) is 4.62. The number of hydrogen-bond donors (Lipinski definition) is 2.